The number of epoxide rings is 1. The average molecular weight is 285 g/mol. The van der Waals surface area contributed by atoms with Gasteiger partial charge in [0.25, 0.3) is 0 Å². The maximum atomic E-state index is 5.89. The van der Waals surface area contributed by atoms with Crippen molar-refractivity contribution in [1.29, 1.82) is 0 Å². The van der Waals surface area contributed by atoms with Crippen molar-refractivity contribution in [2.45, 2.75) is 43.1 Å². The Kier molecular flexibility index (Phi) is 4.30. The molecule has 1 aromatic carbocycles. The van der Waals surface area contributed by atoms with Crippen LogP contribution in [-0.4, -0.2) is 23.8 Å². The Bertz CT molecular complexity index is 395. The van der Waals surface area contributed by atoms with Crippen LogP contribution in [0.3, 0.4) is 0 Å². The third-order valence-corrected chi connectivity index (χ3v) is 5.58. The second kappa shape index (κ2) is 5.44. The minimum atomic E-state index is -0.0480. The summed E-state index contributed by atoms with van der Waals surface area (Å²) in [7, 11) is 0. The van der Waals surface area contributed by atoms with Crippen molar-refractivity contribution in [3.8, 4) is 0 Å². The van der Waals surface area contributed by atoms with Crippen LogP contribution in [0.1, 0.15) is 32.8 Å². The summed E-state index contributed by atoms with van der Waals surface area (Å²) in [6, 6.07) is 8.91. The SMILES string of the molecule is CCC(C)(C)c1ccc(SCC2(CCl)CO2)cc1. The number of rotatable bonds is 6. The first-order valence-corrected chi connectivity index (χ1v) is 7.97. The van der Waals surface area contributed by atoms with Crippen LogP contribution in [0.25, 0.3) is 0 Å². The third kappa shape index (κ3) is 3.23. The van der Waals surface area contributed by atoms with Gasteiger partial charge >= 0.3 is 0 Å². The van der Waals surface area contributed by atoms with Crippen molar-refractivity contribution in [3.05, 3.63) is 29.8 Å². The molecule has 0 spiro atoms. The Balaban J connectivity index is 1.96. The third-order valence-electron chi connectivity index (χ3n) is 3.82. The van der Waals surface area contributed by atoms with Gasteiger partial charge in [-0.1, -0.05) is 32.9 Å². The fourth-order valence-electron chi connectivity index (χ4n) is 1.72. The minimum Gasteiger partial charge on any atom is -0.367 e. The maximum Gasteiger partial charge on any atom is 0.114 e. The Hall–Kier alpha value is -0.180. The first kappa shape index (κ1) is 14.2. The zero-order valence-corrected chi connectivity index (χ0v) is 12.9. The van der Waals surface area contributed by atoms with Crippen LogP contribution in [0.4, 0.5) is 0 Å². The molecular weight excluding hydrogens is 264 g/mol. The average Bonchev–Trinajstić information content (AvgIpc) is 3.18. The summed E-state index contributed by atoms with van der Waals surface area (Å²) in [6.07, 6.45) is 1.16. The van der Waals surface area contributed by atoms with Crippen LogP contribution in [0.15, 0.2) is 29.2 Å². The minimum absolute atomic E-state index is 0.0480. The molecule has 0 radical (unpaired) electrons. The van der Waals surface area contributed by atoms with E-state index in [0.717, 1.165) is 18.8 Å². The second-order valence-electron chi connectivity index (χ2n) is 5.66. The topological polar surface area (TPSA) is 12.5 Å². The fourth-order valence-corrected chi connectivity index (χ4v) is 3.11. The van der Waals surface area contributed by atoms with Gasteiger partial charge in [-0.3, -0.25) is 0 Å². The van der Waals surface area contributed by atoms with Gasteiger partial charge in [0.2, 0.25) is 0 Å². The molecule has 0 aromatic heterocycles. The molecule has 1 fully saturated rings. The zero-order chi connectivity index (χ0) is 13.2. The standard InChI is InChI=1S/C15H21ClOS/c1-4-14(2,3)12-5-7-13(8-6-12)18-11-15(9-16)10-17-15/h5-8H,4,9-11H2,1-3H3. The van der Waals surface area contributed by atoms with Crippen molar-refractivity contribution in [3.63, 3.8) is 0 Å². The van der Waals surface area contributed by atoms with Crippen LogP contribution in [0, 0.1) is 0 Å². The highest BCUT2D eigenvalue weighted by molar-refractivity contribution is 7.99. The molecule has 1 heterocycles. The number of hydrogen-bond acceptors (Lipinski definition) is 2. The highest BCUT2D eigenvalue weighted by Gasteiger charge is 2.43. The second-order valence-corrected chi connectivity index (χ2v) is 6.97. The van der Waals surface area contributed by atoms with Crippen molar-refractivity contribution in [2.24, 2.45) is 0 Å². The van der Waals surface area contributed by atoms with Gasteiger partial charge in [0, 0.05) is 10.6 Å². The van der Waals surface area contributed by atoms with Gasteiger partial charge in [-0.05, 0) is 29.5 Å². The number of alkyl halides is 1. The van der Waals surface area contributed by atoms with E-state index in [2.05, 4.69) is 45.0 Å². The molecule has 100 valence electrons. The lowest BCUT2D eigenvalue weighted by molar-refractivity contribution is 0.351. The fraction of sp³-hybridized carbons (Fsp3) is 0.600. The molecule has 1 unspecified atom stereocenters. The van der Waals surface area contributed by atoms with Gasteiger partial charge in [-0.15, -0.1) is 23.4 Å². The first-order valence-electron chi connectivity index (χ1n) is 6.45. The molecule has 0 bridgehead atoms. The summed E-state index contributed by atoms with van der Waals surface area (Å²) in [6.45, 7) is 7.62. The van der Waals surface area contributed by atoms with Gasteiger partial charge in [0.15, 0.2) is 0 Å². The van der Waals surface area contributed by atoms with Gasteiger partial charge in [-0.2, -0.15) is 0 Å². The van der Waals surface area contributed by atoms with Crippen LogP contribution in [0.5, 0.6) is 0 Å². The van der Waals surface area contributed by atoms with Crippen molar-refractivity contribution in [1.82, 2.24) is 0 Å². The predicted octanol–water partition coefficient (Wildman–Crippen LogP) is 4.47. The number of halogens is 1. The summed E-state index contributed by atoms with van der Waals surface area (Å²) in [4.78, 5) is 1.30. The molecule has 1 saturated heterocycles. The van der Waals surface area contributed by atoms with Gasteiger partial charge in [0.1, 0.15) is 5.60 Å². The zero-order valence-electron chi connectivity index (χ0n) is 11.3. The normalized spacial score (nSPS) is 23.1. The largest absolute Gasteiger partial charge is 0.367 e. The molecule has 3 heteroatoms. The van der Waals surface area contributed by atoms with Crippen molar-refractivity contribution >= 4 is 23.4 Å². The van der Waals surface area contributed by atoms with E-state index in [1.165, 1.54) is 10.5 Å². The van der Waals surface area contributed by atoms with E-state index < -0.39 is 0 Å². The summed E-state index contributed by atoms with van der Waals surface area (Å²) in [5.74, 6) is 1.55. The molecule has 0 saturated carbocycles. The summed E-state index contributed by atoms with van der Waals surface area (Å²) < 4.78 is 5.41. The molecule has 0 amide bonds. The summed E-state index contributed by atoms with van der Waals surface area (Å²) in [5, 5.41) is 0. The number of thioether (sulfide) groups is 1. The van der Waals surface area contributed by atoms with E-state index >= 15 is 0 Å². The highest BCUT2D eigenvalue weighted by atomic mass is 35.5. The summed E-state index contributed by atoms with van der Waals surface area (Å²) in [5.41, 5.74) is 1.62. The lowest BCUT2D eigenvalue weighted by atomic mass is 9.82. The quantitative estimate of drug-likeness (QED) is 0.434. The number of hydrogen-bond donors (Lipinski definition) is 0. The first-order chi connectivity index (χ1) is 8.51. The van der Waals surface area contributed by atoms with E-state index in [9.17, 15) is 0 Å². The molecule has 2 rings (SSSR count). The lowest BCUT2D eigenvalue weighted by Crippen LogP contribution is -2.16. The van der Waals surface area contributed by atoms with Crippen LogP contribution in [-0.2, 0) is 10.2 Å². The summed E-state index contributed by atoms with van der Waals surface area (Å²) >= 11 is 7.72. The van der Waals surface area contributed by atoms with E-state index in [1.807, 2.05) is 11.8 Å². The van der Waals surface area contributed by atoms with Crippen LogP contribution < -0.4 is 0 Å². The van der Waals surface area contributed by atoms with Crippen LogP contribution in [0.2, 0.25) is 0 Å². The van der Waals surface area contributed by atoms with Crippen molar-refractivity contribution < 1.29 is 4.74 Å². The number of benzene rings is 1. The van der Waals surface area contributed by atoms with Crippen LogP contribution >= 0.6 is 23.4 Å². The Morgan fingerprint density at radius 1 is 1.33 bits per heavy atom. The highest BCUT2D eigenvalue weighted by Crippen LogP contribution is 2.35. The maximum absolute atomic E-state index is 5.89. The molecule has 1 atom stereocenters. The van der Waals surface area contributed by atoms with E-state index in [1.54, 1.807) is 0 Å². The Morgan fingerprint density at radius 2 is 1.94 bits per heavy atom. The van der Waals surface area contributed by atoms with Gasteiger partial charge < -0.3 is 4.74 Å². The molecule has 1 aromatic rings. The van der Waals surface area contributed by atoms with E-state index in [-0.39, 0.29) is 11.0 Å². The molecular formula is C15H21ClOS. The smallest absolute Gasteiger partial charge is 0.114 e. The number of ether oxygens (including phenoxy) is 1. The van der Waals surface area contributed by atoms with Gasteiger partial charge in [-0.25, -0.2) is 0 Å². The molecule has 18 heavy (non-hydrogen) atoms. The molecule has 1 aliphatic rings. The molecule has 0 N–H and O–H groups in total. The van der Waals surface area contributed by atoms with Gasteiger partial charge in [0.05, 0.1) is 12.5 Å². The van der Waals surface area contributed by atoms with E-state index in [0.29, 0.717) is 5.88 Å². The Labute approximate surface area is 119 Å². The lowest BCUT2D eigenvalue weighted by Gasteiger charge is -2.23. The molecule has 1 aliphatic heterocycles. The van der Waals surface area contributed by atoms with E-state index in [4.69, 9.17) is 16.3 Å². The predicted molar refractivity (Wildman–Crippen MR) is 79.9 cm³/mol. The molecule has 0 aliphatic carbocycles. The molecule has 1 nitrogen and oxygen atoms in total. The monoisotopic (exact) mass is 284 g/mol. The van der Waals surface area contributed by atoms with Crippen molar-refractivity contribution in [2.75, 3.05) is 18.2 Å². The Morgan fingerprint density at radius 3 is 2.39 bits per heavy atom.